The first-order valence-electron chi connectivity index (χ1n) is 10.5. The Kier molecular flexibility index (Phi) is 4.12. The largest absolute Gasteiger partial charge is 0.493 e. The molecule has 1 unspecified atom stereocenters. The average molecular weight is 417 g/mol. The average Bonchev–Trinajstić information content (AvgIpc) is 3.44. The molecule has 6 rings (SSSR count). The summed E-state index contributed by atoms with van der Waals surface area (Å²) < 4.78 is 21.8. The molecule has 1 atom stereocenters. The summed E-state index contributed by atoms with van der Waals surface area (Å²) in [4.78, 5) is 13.6. The Morgan fingerprint density at radius 3 is 2.81 bits per heavy atom. The normalized spacial score (nSPS) is 17.8. The minimum atomic E-state index is 0.127. The van der Waals surface area contributed by atoms with Crippen molar-refractivity contribution in [3.63, 3.8) is 0 Å². The van der Waals surface area contributed by atoms with Crippen LogP contribution in [0.1, 0.15) is 18.4 Å². The second-order valence-electron chi connectivity index (χ2n) is 8.29. The lowest BCUT2D eigenvalue weighted by molar-refractivity contribution is 0.0719. The van der Waals surface area contributed by atoms with E-state index in [1.54, 1.807) is 13.4 Å². The van der Waals surface area contributed by atoms with Crippen molar-refractivity contribution in [2.24, 2.45) is 13.0 Å². The van der Waals surface area contributed by atoms with Crippen LogP contribution in [0, 0.1) is 5.92 Å². The highest BCUT2D eigenvalue weighted by Gasteiger charge is 2.37. The van der Waals surface area contributed by atoms with Gasteiger partial charge < -0.3 is 23.3 Å². The van der Waals surface area contributed by atoms with Crippen LogP contribution in [0.25, 0.3) is 22.4 Å². The maximum absolute atomic E-state index is 6.21. The number of methoxy groups -OCH3 is 1. The Balaban J connectivity index is 1.30. The molecule has 0 saturated heterocycles. The van der Waals surface area contributed by atoms with Crippen molar-refractivity contribution in [2.45, 2.75) is 25.5 Å². The van der Waals surface area contributed by atoms with Crippen LogP contribution in [0.15, 0.2) is 43.2 Å². The summed E-state index contributed by atoms with van der Waals surface area (Å²) in [6.45, 7) is 1.20. The van der Waals surface area contributed by atoms with Crippen molar-refractivity contribution in [3.8, 4) is 28.5 Å². The molecule has 4 aromatic rings. The van der Waals surface area contributed by atoms with Gasteiger partial charge in [-0.05, 0) is 42.5 Å². The van der Waals surface area contributed by atoms with Gasteiger partial charge in [-0.3, -0.25) is 0 Å². The molecule has 1 aliphatic carbocycles. The van der Waals surface area contributed by atoms with Gasteiger partial charge in [-0.1, -0.05) is 0 Å². The van der Waals surface area contributed by atoms with Crippen molar-refractivity contribution in [1.82, 2.24) is 24.1 Å². The molecule has 31 heavy (non-hydrogen) atoms. The van der Waals surface area contributed by atoms with Crippen LogP contribution in [0.4, 0.5) is 0 Å². The zero-order chi connectivity index (χ0) is 20.9. The van der Waals surface area contributed by atoms with E-state index in [1.165, 1.54) is 12.8 Å². The van der Waals surface area contributed by atoms with Gasteiger partial charge in [0.05, 0.1) is 32.0 Å². The third kappa shape index (κ3) is 3.28. The van der Waals surface area contributed by atoms with Crippen LogP contribution in [-0.2, 0) is 13.6 Å². The minimum Gasteiger partial charge on any atom is -0.493 e. The van der Waals surface area contributed by atoms with E-state index in [0.29, 0.717) is 30.6 Å². The second-order valence-corrected chi connectivity index (χ2v) is 8.29. The van der Waals surface area contributed by atoms with Crippen LogP contribution in [0.2, 0.25) is 0 Å². The third-order valence-electron chi connectivity index (χ3n) is 5.93. The van der Waals surface area contributed by atoms with E-state index in [4.69, 9.17) is 14.2 Å². The van der Waals surface area contributed by atoms with Gasteiger partial charge in [0.1, 0.15) is 18.2 Å². The smallest absolute Gasteiger partial charge is 0.203 e. The first kappa shape index (κ1) is 18.2. The van der Waals surface area contributed by atoms with E-state index in [0.717, 1.165) is 33.7 Å². The molecule has 1 aliphatic heterocycles. The van der Waals surface area contributed by atoms with Gasteiger partial charge in [0.25, 0.3) is 0 Å². The summed E-state index contributed by atoms with van der Waals surface area (Å²) >= 11 is 0. The van der Waals surface area contributed by atoms with E-state index in [9.17, 15) is 0 Å². The number of fused-ring (bicyclic) bond motifs is 2. The SMILES string of the molecule is COc1cc(Cn2cnc3cc(-c4cn(C)cn4)cnc32)cc2c1OC(C1CC1)CO2. The number of pyridine rings is 1. The fourth-order valence-electron chi connectivity index (χ4n) is 4.12. The number of imidazole rings is 2. The number of benzene rings is 1. The topological polar surface area (TPSA) is 76.2 Å². The maximum atomic E-state index is 6.21. The van der Waals surface area contributed by atoms with Gasteiger partial charge in [-0.25, -0.2) is 15.0 Å². The highest BCUT2D eigenvalue weighted by Crippen LogP contribution is 2.45. The molecular weight excluding hydrogens is 394 g/mol. The number of aryl methyl sites for hydroxylation is 1. The molecule has 0 N–H and O–H groups in total. The Morgan fingerprint density at radius 1 is 1.13 bits per heavy atom. The number of hydrogen-bond donors (Lipinski definition) is 0. The molecule has 158 valence electrons. The minimum absolute atomic E-state index is 0.127. The summed E-state index contributed by atoms with van der Waals surface area (Å²) in [7, 11) is 3.61. The molecule has 2 aliphatic rings. The second kappa shape index (κ2) is 7.01. The van der Waals surface area contributed by atoms with Crippen LogP contribution in [-0.4, -0.2) is 43.9 Å². The highest BCUT2D eigenvalue weighted by atomic mass is 16.6. The summed E-state index contributed by atoms with van der Waals surface area (Å²) in [5, 5.41) is 0. The van der Waals surface area contributed by atoms with E-state index >= 15 is 0 Å². The van der Waals surface area contributed by atoms with E-state index in [-0.39, 0.29) is 6.10 Å². The summed E-state index contributed by atoms with van der Waals surface area (Å²) in [6, 6.07) is 6.05. The van der Waals surface area contributed by atoms with Crippen molar-refractivity contribution in [1.29, 1.82) is 0 Å². The van der Waals surface area contributed by atoms with Crippen molar-refractivity contribution in [2.75, 3.05) is 13.7 Å². The fraction of sp³-hybridized carbons (Fsp3) is 0.348. The monoisotopic (exact) mass is 417 g/mol. The summed E-state index contributed by atoms with van der Waals surface area (Å²) in [5.74, 6) is 2.76. The predicted octanol–water partition coefficient (Wildman–Crippen LogP) is 3.44. The number of hydrogen-bond acceptors (Lipinski definition) is 6. The van der Waals surface area contributed by atoms with Crippen LogP contribution in [0.5, 0.6) is 17.2 Å². The molecule has 4 heterocycles. The molecule has 8 heteroatoms. The molecule has 0 amide bonds. The Hall–Kier alpha value is -3.55. The van der Waals surface area contributed by atoms with Crippen LogP contribution in [0.3, 0.4) is 0 Å². The van der Waals surface area contributed by atoms with Gasteiger partial charge in [0.2, 0.25) is 5.75 Å². The number of nitrogens with zero attached hydrogens (tertiary/aromatic N) is 5. The lowest BCUT2D eigenvalue weighted by atomic mass is 10.1. The molecule has 1 saturated carbocycles. The van der Waals surface area contributed by atoms with Gasteiger partial charge >= 0.3 is 0 Å². The number of aromatic nitrogens is 5. The van der Waals surface area contributed by atoms with Gasteiger partial charge in [-0.2, -0.15) is 0 Å². The molecule has 0 bridgehead atoms. The van der Waals surface area contributed by atoms with Crippen molar-refractivity contribution in [3.05, 3.63) is 48.8 Å². The fourth-order valence-corrected chi connectivity index (χ4v) is 4.12. The number of rotatable bonds is 5. The highest BCUT2D eigenvalue weighted by molar-refractivity contribution is 5.77. The molecule has 1 aromatic carbocycles. The van der Waals surface area contributed by atoms with E-state index in [2.05, 4.69) is 15.0 Å². The van der Waals surface area contributed by atoms with Crippen LogP contribution >= 0.6 is 0 Å². The third-order valence-corrected chi connectivity index (χ3v) is 5.93. The molecular formula is C23H23N5O3. The molecule has 1 fully saturated rings. The lowest BCUT2D eigenvalue weighted by Crippen LogP contribution is -2.31. The first-order chi connectivity index (χ1) is 15.2. The van der Waals surface area contributed by atoms with E-state index in [1.807, 2.05) is 53.1 Å². The van der Waals surface area contributed by atoms with Gasteiger partial charge in [0.15, 0.2) is 17.1 Å². The standard InChI is InChI=1S/C23H23N5O3/c1-27-10-18(25-12-27)16-7-17-23(24-8-16)28(13-26-17)9-14-5-19(29-2)22-20(6-14)30-11-21(31-22)15-3-4-15/h5-8,10,12-13,15,21H,3-4,9,11H2,1-2H3. The van der Waals surface area contributed by atoms with Crippen molar-refractivity contribution < 1.29 is 14.2 Å². The quantitative estimate of drug-likeness (QED) is 0.495. The predicted molar refractivity (Wildman–Crippen MR) is 114 cm³/mol. The molecule has 0 spiro atoms. The maximum Gasteiger partial charge on any atom is 0.203 e. The summed E-state index contributed by atoms with van der Waals surface area (Å²) in [6.07, 6.45) is 9.95. The Morgan fingerprint density at radius 2 is 2.03 bits per heavy atom. The molecule has 8 nitrogen and oxygen atoms in total. The van der Waals surface area contributed by atoms with E-state index < -0.39 is 0 Å². The Labute approximate surface area is 179 Å². The molecule has 3 aromatic heterocycles. The van der Waals surface area contributed by atoms with Crippen molar-refractivity contribution >= 4 is 11.2 Å². The zero-order valence-corrected chi connectivity index (χ0v) is 17.5. The lowest BCUT2D eigenvalue weighted by Gasteiger charge is -2.28. The van der Waals surface area contributed by atoms with Gasteiger partial charge in [-0.15, -0.1) is 0 Å². The Bertz CT molecular complexity index is 1260. The number of ether oxygens (including phenoxy) is 3. The molecule has 0 radical (unpaired) electrons. The zero-order valence-electron chi connectivity index (χ0n) is 17.5. The van der Waals surface area contributed by atoms with Crippen LogP contribution < -0.4 is 14.2 Å². The summed E-state index contributed by atoms with van der Waals surface area (Å²) in [5.41, 5.74) is 4.53. The van der Waals surface area contributed by atoms with Gasteiger partial charge in [0, 0.05) is 25.0 Å². The first-order valence-corrected chi connectivity index (χ1v) is 10.5.